The standard InChI is InChI=1S/C75H140NO8P/c1-3-5-7-9-11-13-15-17-19-21-23-25-27-29-30-31-32-33-34-35-36-37-38-39-40-41-42-44-45-47-49-51-53-55-57-59-61-63-65-67-74(77)81-71-73(72-83-85(79,80)82-70-69-76)84-75(78)68-66-64-62-60-58-56-54-52-50-48-46-43-28-26-24-22-20-18-16-14-12-10-8-6-4-2/h6,8,12,14,18,20,24,26,43,46,73H,3-5,7,9-11,13,15-17,19,21-23,25,27-42,44-45,47-72,76H2,1-2H3,(H,79,80)/b8-6-,14-12-,20-18-,26-24-,46-43-. The Bertz CT molecular complexity index is 1580. The van der Waals surface area contributed by atoms with Crippen LogP contribution in [0, 0.1) is 0 Å². The number of hydrogen-bond donors (Lipinski definition) is 2. The molecular formula is C75H140NO8P. The molecule has 0 bridgehead atoms. The van der Waals surface area contributed by atoms with Gasteiger partial charge in [-0.3, -0.25) is 18.6 Å². The molecule has 0 saturated carbocycles. The van der Waals surface area contributed by atoms with Crippen molar-refractivity contribution >= 4 is 19.8 Å². The van der Waals surface area contributed by atoms with Crippen LogP contribution in [0.1, 0.15) is 373 Å². The van der Waals surface area contributed by atoms with Crippen LogP contribution in [0.4, 0.5) is 0 Å². The summed E-state index contributed by atoms with van der Waals surface area (Å²) in [5, 5.41) is 0. The minimum absolute atomic E-state index is 0.0518. The number of carbonyl (C=O) groups is 2. The number of nitrogens with two attached hydrogens (primary N) is 1. The molecule has 0 aromatic rings. The second-order valence-electron chi connectivity index (χ2n) is 24.8. The Kier molecular flexibility index (Phi) is 68.9. The second kappa shape index (κ2) is 70.8. The number of rotatable bonds is 70. The molecule has 0 spiro atoms. The Morgan fingerprint density at radius 3 is 0.965 bits per heavy atom. The average Bonchev–Trinajstić information content (AvgIpc) is 3.52. The summed E-state index contributed by atoms with van der Waals surface area (Å²) in [5.74, 6) is -0.820. The molecule has 2 atom stereocenters. The van der Waals surface area contributed by atoms with E-state index in [1.165, 1.54) is 263 Å². The maximum atomic E-state index is 12.8. The maximum Gasteiger partial charge on any atom is 0.472 e. The average molecular weight is 1210 g/mol. The van der Waals surface area contributed by atoms with Crippen LogP contribution < -0.4 is 5.73 Å². The minimum Gasteiger partial charge on any atom is -0.462 e. The van der Waals surface area contributed by atoms with Gasteiger partial charge in [0.1, 0.15) is 6.61 Å². The van der Waals surface area contributed by atoms with Crippen LogP contribution in [0.3, 0.4) is 0 Å². The number of unbranched alkanes of at least 4 members (excludes halogenated alkanes) is 47. The zero-order valence-electron chi connectivity index (χ0n) is 56.1. The van der Waals surface area contributed by atoms with Crippen molar-refractivity contribution in [3.05, 3.63) is 60.8 Å². The molecule has 9 nitrogen and oxygen atoms in total. The molecular weight excluding hydrogens is 1070 g/mol. The first-order valence-electron chi connectivity index (χ1n) is 36.8. The van der Waals surface area contributed by atoms with Gasteiger partial charge in [-0.25, -0.2) is 4.57 Å². The first-order chi connectivity index (χ1) is 41.8. The molecule has 0 aliphatic carbocycles. The fourth-order valence-electron chi connectivity index (χ4n) is 11.0. The summed E-state index contributed by atoms with van der Waals surface area (Å²) < 4.78 is 33.2. The maximum absolute atomic E-state index is 12.8. The van der Waals surface area contributed by atoms with Crippen LogP contribution in [0.2, 0.25) is 0 Å². The minimum atomic E-state index is -4.40. The van der Waals surface area contributed by atoms with E-state index in [0.29, 0.717) is 6.42 Å². The highest BCUT2D eigenvalue weighted by Gasteiger charge is 2.26. The highest BCUT2D eigenvalue weighted by atomic mass is 31.2. The van der Waals surface area contributed by atoms with Crippen molar-refractivity contribution in [1.29, 1.82) is 0 Å². The third kappa shape index (κ3) is 70.7. The van der Waals surface area contributed by atoms with Crippen molar-refractivity contribution in [2.75, 3.05) is 26.4 Å². The van der Waals surface area contributed by atoms with Crippen LogP contribution in [-0.2, 0) is 32.7 Å². The molecule has 0 radical (unpaired) electrons. The van der Waals surface area contributed by atoms with E-state index in [1.54, 1.807) is 0 Å². The molecule has 10 heteroatoms. The largest absolute Gasteiger partial charge is 0.472 e. The predicted molar refractivity (Wildman–Crippen MR) is 367 cm³/mol. The highest BCUT2D eigenvalue weighted by Crippen LogP contribution is 2.43. The van der Waals surface area contributed by atoms with Crippen molar-refractivity contribution in [2.45, 2.75) is 380 Å². The first-order valence-corrected chi connectivity index (χ1v) is 38.3. The van der Waals surface area contributed by atoms with Gasteiger partial charge >= 0.3 is 19.8 Å². The Balaban J connectivity index is 3.77. The zero-order valence-corrected chi connectivity index (χ0v) is 57.0. The lowest BCUT2D eigenvalue weighted by atomic mass is 10.0. The van der Waals surface area contributed by atoms with E-state index in [9.17, 15) is 19.0 Å². The Morgan fingerprint density at radius 2 is 0.647 bits per heavy atom. The van der Waals surface area contributed by atoms with Crippen LogP contribution in [0.15, 0.2) is 60.8 Å². The summed E-state index contributed by atoms with van der Waals surface area (Å²) in [7, 11) is -4.40. The summed E-state index contributed by atoms with van der Waals surface area (Å²) in [4.78, 5) is 35.4. The lowest BCUT2D eigenvalue weighted by molar-refractivity contribution is -0.161. The van der Waals surface area contributed by atoms with E-state index < -0.39 is 26.5 Å². The van der Waals surface area contributed by atoms with Crippen LogP contribution in [-0.4, -0.2) is 49.3 Å². The van der Waals surface area contributed by atoms with Crippen LogP contribution in [0.25, 0.3) is 0 Å². The third-order valence-electron chi connectivity index (χ3n) is 16.4. The van der Waals surface area contributed by atoms with Crippen LogP contribution in [0.5, 0.6) is 0 Å². The number of ether oxygens (including phenoxy) is 2. The quantitative estimate of drug-likeness (QED) is 0.0264. The highest BCUT2D eigenvalue weighted by molar-refractivity contribution is 7.47. The Labute approximate surface area is 527 Å². The second-order valence-corrected chi connectivity index (χ2v) is 26.2. The van der Waals surface area contributed by atoms with Crippen LogP contribution >= 0.6 is 7.82 Å². The topological polar surface area (TPSA) is 134 Å². The molecule has 2 unspecified atom stereocenters. The number of carbonyl (C=O) groups excluding carboxylic acids is 2. The van der Waals surface area contributed by atoms with Gasteiger partial charge < -0.3 is 20.1 Å². The van der Waals surface area contributed by atoms with Crippen molar-refractivity contribution < 1.29 is 37.6 Å². The monoisotopic (exact) mass is 1210 g/mol. The summed E-state index contributed by atoms with van der Waals surface area (Å²) in [5.41, 5.74) is 5.40. The number of phosphoric acid groups is 1. The summed E-state index contributed by atoms with van der Waals surface area (Å²) >= 11 is 0. The summed E-state index contributed by atoms with van der Waals surface area (Å²) in [6.45, 7) is 3.68. The Morgan fingerprint density at radius 1 is 0.365 bits per heavy atom. The molecule has 3 N–H and O–H groups in total. The molecule has 0 aliphatic rings. The van der Waals surface area contributed by atoms with Gasteiger partial charge in [0.15, 0.2) is 6.10 Å². The van der Waals surface area contributed by atoms with Gasteiger partial charge in [0.25, 0.3) is 0 Å². The molecule has 0 fully saturated rings. The SMILES string of the molecule is CC/C=C\C/C=C\C/C=C\C/C=C\C/C=C\CCCCCCCCCCCC(=O)OC(COC(=O)CCCCCCCCCCCCCCCCCCCCCCCCCCCCCCCCCCCCCCCCC)COP(=O)(O)OCCN. The summed E-state index contributed by atoms with van der Waals surface area (Å²) in [6, 6.07) is 0. The number of hydrogen-bond acceptors (Lipinski definition) is 8. The molecule has 498 valence electrons. The van der Waals surface area contributed by atoms with Gasteiger partial charge in [-0.2, -0.15) is 0 Å². The Hall–Kier alpha value is -2.29. The molecule has 0 rings (SSSR count). The van der Waals surface area contributed by atoms with E-state index in [1.807, 2.05) is 0 Å². The molecule has 0 saturated heterocycles. The van der Waals surface area contributed by atoms with Crippen molar-refractivity contribution in [1.82, 2.24) is 0 Å². The van der Waals surface area contributed by atoms with Gasteiger partial charge in [0, 0.05) is 19.4 Å². The van der Waals surface area contributed by atoms with Crippen molar-refractivity contribution in [3.8, 4) is 0 Å². The van der Waals surface area contributed by atoms with Gasteiger partial charge in [0.05, 0.1) is 13.2 Å². The zero-order chi connectivity index (χ0) is 61.6. The molecule has 85 heavy (non-hydrogen) atoms. The van der Waals surface area contributed by atoms with Gasteiger partial charge in [-0.15, -0.1) is 0 Å². The molecule has 0 aromatic carbocycles. The third-order valence-corrected chi connectivity index (χ3v) is 17.4. The first kappa shape index (κ1) is 82.7. The normalized spacial score (nSPS) is 13.2. The van der Waals surface area contributed by atoms with E-state index in [-0.39, 0.29) is 38.6 Å². The predicted octanol–water partition coefficient (Wildman–Crippen LogP) is 24.2. The van der Waals surface area contributed by atoms with Gasteiger partial charge in [-0.1, -0.05) is 364 Å². The number of esters is 2. The lowest BCUT2D eigenvalue weighted by Crippen LogP contribution is -2.29. The number of phosphoric ester groups is 1. The molecule has 0 heterocycles. The number of allylic oxidation sites excluding steroid dienone is 10. The smallest absolute Gasteiger partial charge is 0.462 e. The van der Waals surface area contributed by atoms with Gasteiger partial charge in [-0.05, 0) is 57.8 Å². The molecule has 0 aliphatic heterocycles. The fraction of sp³-hybridized carbons (Fsp3) is 0.840. The van der Waals surface area contributed by atoms with E-state index in [4.69, 9.17) is 24.3 Å². The van der Waals surface area contributed by atoms with Crippen molar-refractivity contribution in [2.24, 2.45) is 5.73 Å². The lowest BCUT2D eigenvalue weighted by Gasteiger charge is -2.19. The van der Waals surface area contributed by atoms with E-state index in [2.05, 4.69) is 74.6 Å². The van der Waals surface area contributed by atoms with Gasteiger partial charge in [0.2, 0.25) is 0 Å². The summed E-state index contributed by atoms with van der Waals surface area (Å²) in [6.07, 6.45) is 92.1. The van der Waals surface area contributed by atoms with Crippen molar-refractivity contribution in [3.63, 3.8) is 0 Å². The van der Waals surface area contributed by atoms with E-state index in [0.717, 1.165) is 77.0 Å². The molecule has 0 amide bonds. The molecule has 0 aromatic heterocycles. The van der Waals surface area contributed by atoms with E-state index >= 15 is 0 Å². The fourth-order valence-corrected chi connectivity index (χ4v) is 11.8.